The molecule has 180 valence electrons. The molecule has 0 radical (unpaired) electrons. The zero-order valence-corrected chi connectivity index (χ0v) is 20.9. The van der Waals surface area contributed by atoms with E-state index in [4.69, 9.17) is 4.74 Å². The summed E-state index contributed by atoms with van der Waals surface area (Å²) in [7, 11) is 0. The van der Waals surface area contributed by atoms with Gasteiger partial charge in [-0.15, -0.1) is 0 Å². The summed E-state index contributed by atoms with van der Waals surface area (Å²) in [5, 5.41) is 0. The summed E-state index contributed by atoms with van der Waals surface area (Å²) in [5.74, 6) is -0.171. The van der Waals surface area contributed by atoms with Crippen LogP contribution in [0.15, 0.2) is 72.9 Å². The largest absolute Gasteiger partial charge is 0.466 e. The van der Waals surface area contributed by atoms with E-state index >= 15 is 0 Å². The Balaban J connectivity index is 3.39. The Bertz CT molecular complexity index is 576. The van der Waals surface area contributed by atoms with Gasteiger partial charge in [0.05, 0.1) is 6.61 Å². The Morgan fingerprint density at radius 3 is 1.66 bits per heavy atom. The van der Waals surface area contributed by atoms with Crippen molar-refractivity contribution >= 4 is 5.97 Å². The van der Waals surface area contributed by atoms with Crippen molar-refractivity contribution in [3.05, 3.63) is 72.9 Å². The van der Waals surface area contributed by atoms with E-state index in [2.05, 4.69) is 79.8 Å². The number of carbonyl (C=O) groups is 1. The van der Waals surface area contributed by atoms with Crippen molar-refractivity contribution in [3.63, 3.8) is 0 Å². The van der Waals surface area contributed by atoms with Crippen LogP contribution in [0.1, 0.15) is 104 Å². The molecular formula is C30H48O2. The van der Waals surface area contributed by atoms with Crippen molar-refractivity contribution in [1.29, 1.82) is 0 Å². The van der Waals surface area contributed by atoms with Crippen molar-refractivity contribution in [3.8, 4) is 0 Å². The molecule has 0 saturated heterocycles. The van der Waals surface area contributed by atoms with Crippen molar-refractivity contribution in [2.75, 3.05) is 6.61 Å². The van der Waals surface area contributed by atoms with E-state index in [9.17, 15) is 4.79 Å². The summed E-state index contributed by atoms with van der Waals surface area (Å²) >= 11 is 0. The first-order valence-corrected chi connectivity index (χ1v) is 12.8. The molecule has 0 rings (SSSR count). The van der Waals surface area contributed by atoms with Crippen molar-refractivity contribution in [1.82, 2.24) is 0 Å². The average molecular weight is 441 g/mol. The molecule has 0 aromatic carbocycles. The highest BCUT2D eigenvalue weighted by molar-refractivity contribution is 5.65. The maximum Gasteiger partial charge on any atom is 0.302 e. The molecule has 0 heterocycles. The number of ether oxygens (including phenoxy) is 1. The molecule has 0 N–H and O–H groups in total. The quantitative estimate of drug-likeness (QED) is 0.0769. The molecule has 0 aromatic heterocycles. The lowest BCUT2D eigenvalue weighted by Crippen LogP contribution is -1.99. The van der Waals surface area contributed by atoms with Gasteiger partial charge in [0.2, 0.25) is 0 Å². The first kappa shape index (κ1) is 29.9. The fourth-order valence-corrected chi connectivity index (χ4v) is 3.13. The standard InChI is InChI=1S/C30H48O2/c1-3-4-5-6-7-8-9-10-11-12-13-14-15-16-17-18-19-20-21-22-23-24-25-26-27-28-29-32-30(2)31/h3-4,7-8,11-12,15-16,18-21H,5-6,9-10,13-14,17,22-29H2,1-2H3/b4-3+,8-7+,12-11+,16-15+,19-18+,21-20+. The number of esters is 1. The van der Waals surface area contributed by atoms with Crippen LogP contribution in [-0.2, 0) is 9.53 Å². The zero-order chi connectivity index (χ0) is 23.4. The lowest BCUT2D eigenvalue weighted by Gasteiger charge is -2.01. The minimum absolute atomic E-state index is 0.171. The number of allylic oxidation sites excluding steroid dienone is 12. The smallest absolute Gasteiger partial charge is 0.302 e. The minimum Gasteiger partial charge on any atom is -0.466 e. The number of rotatable bonds is 21. The minimum atomic E-state index is -0.171. The van der Waals surface area contributed by atoms with Gasteiger partial charge in [-0.1, -0.05) is 98.6 Å². The van der Waals surface area contributed by atoms with E-state index in [1.807, 2.05) is 0 Å². The Morgan fingerprint density at radius 1 is 0.562 bits per heavy atom. The van der Waals surface area contributed by atoms with E-state index in [0.717, 1.165) is 64.2 Å². The number of hydrogen-bond acceptors (Lipinski definition) is 2. The van der Waals surface area contributed by atoms with Crippen molar-refractivity contribution < 1.29 is 9.53 Å². The van der Waals surface area contributed by atoms with Gasteiger partial charge in [-0.2, -0.15) is 0 Å². The summed E-state index contributed by atoms with van der Waals surface area (Å²) in [6.07, 6.45) is 43.1. The highest BCUT2D eigenvalue weighted by Crippen LogP contribution is 2.08. The second-order valence-corrected chi connectivity index (χ2v) is 8.06. The Kier molecular flexibility index (Phi) is 25.2. The van der Waals surface area contributed by atoms with E-state index < -0.39 is 0 Å². The molecule has 0 unspecified atom stereocenters. The van der Waals surface area contributed by atoms with Crippen LogP contribution < -0.4 is 0 Å². The molecule has 0 amide bonds. The first-order valence-electron chi connectivity index (χ1n) is 12.8. The average Bonchev–Trinajstić information content (AvgIpc) is 2.78. The van der Waals surface area contributed by atoms with Crippen LogP contribution >= 0.6 is 0 Å². The highest BCUT2D eigenvalue weighted by Gasteiger charge is 1.93. The van der Waals surface area contributed by atoms with E-state index in [1.165, 1.54) is 32.6 Å². The summed E-state index contributed by atoms with van der Waals surface area (Å²) in [6.45, 7) is 4.12. The van der Waals surface area contributed by atoms with Gasteiger partial charge < -0.3 is 4.74 Å². The van der Waals surface area contributed by atoms with Gasteiger partial charge in [-0.05, 0) is 71.1 Å². The number of carbonyl (C=O) groups excluding carboxylic acids is 1. The second kappa shape index (κ2) is 26.9. The first-order chi connectivity index (χ1) is 15.8. The SMILES string of the molecule is C/C=C/CC/C=C/CC/C=C/CC/C=C/C/C=C/C=C/CCCCCCCCOC(C)=O. The maximum absolute atomic E-state index is 10.6. The Labute approximate surface area is 198 Å². The van der Waals surface area contributed by atoms with Crippen LogP contribution in [0.4, 0.5) is 0 Å². The molecule has 0 aliphatic rings. The summed E-state index contributed by atoms with van der Waals surface area (Å²) in [6, 6.07) is 0. The summed E-state index contributed by atoms with van der Waals surface area (Å²) in [4.78, 5) is 10.6. The Morgan fingerprint density at radius 2 is 1.06 bits per heavy atom. The molecule has 0 bridgehead atoms. The third kappa shape index (κ3) is 27.9. The lowest BCUT2D eigenvalue weighted by atomic mass is 10.1. The molecule has 0 atom stereocenters. The fourth-order valence-electron chi connectivity index (χ4n) is 3.13. The van der Waals surface area contributed by atoms with Gasteiger partial charge in [-0.25, -0.2) is 0 Å². The molecular weight excluding hydrogens is 392 g/mol. The van der Waals surface area contributed by atoms with Crippen LogP contribution in [0, 0.1) is 0 Å². The second-order valence-electron chi connectivity index (χ2n) is 8.06. The third-order valence-corrected chi connectivity index (χ3v) is 4.96. The van der Waals surface area contributed by atoms with Crippen molar-refractivity contribution in [2.45, 2.75) is 104 Å². The van der Waals surface area contributed by atoms with Gasteiger partial charge in [0.1, 0.15) is 0 Å². The van der Waals surface area contributed by atoms with Crippen LogP contribution in [-0.4, -0.2) is 12.6 Å². The normalized spacial score (nSPS) is 12.7. The van der Waals surface area contributed by atoms with Gasteiger partial charge in [-0.3, -0.25) is 4.79 Å². The molecule has 0 saturated carbocycles. The van der Waals surface area contributed by atoms with Gasteiger partial charge in [0, 0.05) is 6.92 Å². The Hall–Kier alpha value is -2.09. The lowest BCUT2D eigenvalue weighted by molar-refractivity contribution is -0.141. The van der Waals surface area contributed by atoms with E-state index in [1.54, 1.807) is 0 Å². The maximum atomic E-state index is 10.6. The topological polar surface area (TPSA) is 26.3 Å². The van der Waals surface area contributed by atoms with Crippen LogP contribution in [0.2, 0.25) is 0 Å². The molecule has 0 aliphatic heterocycles. The third-order valence-electron chi connectivity index (χ3n) is 4.96. The van der Waals surface area contributed by atoms with Gasteiger partial charge >= 0.3 is 5.97 Å². The molecule has 0 fully saturated rings. The van der Waals surface area contributed by atoms with Crippen molar-refractivity contribution in [2.24, 2.45) is 0 Å². The zero-order valence-electron chi connectivity index (χ0n) is 20.9. The molecule has 0 spiro atoms. The fraction of sp³-hybridized carbons (Fsp3) is 0.567. The van der Waals surface area contributed by atoms with Gasteiger partial charge in [0.25, 0.3) is 0 Å². The molecule has 2 heteroatoms. The van der Waals surface area contributed by atoms with E-state index in [-0.39, 0.29) is 5.97 Å². The molecule has 32 heavy (non-hydrogen) atoms. The summed E-state index contributed by atoms with van der Waals surface area (Å²) < 4.78 is 4.93. The number of unbranched alkanes of at least 4 members (excludes halogenated alkanes) is 9. The molecule has 2 nitrogen and oxygen atoms in total. The monoisotopic (exact) mass is 440 g/mol. The van der Waals surface area contributed by atoms with Crippen LogP contribution in [0.3, 0.4) is 0 Å². The van der Waals surface area contributed by atoms with Crippen LogP contribution in [0.5, 0.6) is 0 Å². The number of hydrogen-bond donors (Lipinski definition) is 0. The highest BCUT2D eigenvalue weighted by atomic mass is 16.5. The van der Waals surface area contributed by atoms with E-state index in [0.29, 0.717) is 6.61 Å². The predicted octanol–water partition coefficient (Wildman–Crippen LogP) is 9.37. The molecule has 0 aromatic rings. The predicted molar refractivity (Wildman–Crippen MR) is 142 cm³/mol. The van der Waals surface area contributed by atoms with Gasteiger partial charge in [0.15, 0.2) is 0 Å². The van der Waals surface area contributed by atoms with Crippen LogP contribution in [0.25, 0.3) is 0 Å². The molecule has 0 aliphatic carbocycles. The summed E-state index contributed by atoms with van der Waals surface area (Å²) in [5.41, 5.74) is 0.